The van der Waals surface area contributed by atoms with E-state index in [2.05, 4.69) is 364 Å². The summed E-state index contributed by atoms with van der Waals surface area (Å²) in [6.45, 7) is 0. The van der Waals surface area contributed by atoms with Crippen molar-refractivity contribution in [3.05, 3.63) is 425 Å². The summed E-state index contributed by atoms with van der Waals surface area (Å²) in [6, 6.07) is 150. The van der Waals surface area contributed by atoms with E-state index in [1.165, 1.54) is 106 Å². The Labute approximate surface area is 726 Å². The minimum absolute atomic E-state index is 0.723. The molecule has 6 heterocycles. The SMILES string of the molecule is c1ccc(-c2nc(-c3ccc(-c4cccc5c4ccc4c6ccccc6oc54)cc3)nc3ccccc23)cc1.c1ccc(-c2nc(-c3ccc(-c4cccc5c4ccc4c6ccccc6sc54)c4ccccc34)nc3ccccc23)cc1.c1ccc(-c2nc(-c3ccc(-c4cccc5c4ccc4c6ccccc6sc54)cc3)nc3c2ccc2ccccc23)cc1. The van der Waals surface area contributed by atoms with Crippen LogP contribution in [0.15, 0.2) is 429 Å². The normalized spacial score (nSPS) is 11.7. The van der Waals surface area contributed by atoms with Gasteiger partial charge in [-0.05, 0) is 114 Å². The predicted octanol–water partition coefficient (Wildman–Crippen LogP) is 32.3. The van der Waals surface area contributed by atoms with Crippen LogP contribution in [0.4, 0.5) is 0 Å². The summed E-state index contributed by atoms with van der Waals surface area (Å²) in [4.78, 5) is 30.5. The molecule has 0 aliphatic heterocycles. The van der Waals surface area contributed by atoms with Gasteiger partial charge < -0.3 is 4.42 Å². The van der Waals surface area contributed by atoms with Crippen LogP contribution >= 0.6 is 22.7 Å². The van der Waals surface area contributed by atoms with Gasteiger partial charge in [0.05, 0.1) is 33.6 Å². The Hall–Kier alpha value is -16.0. The van der Waals surface area contributed by atoms with Gasteiger partial charge in [-0.15, -0.1) is 22.7 Å². The monoisotopic (exact) mass is 1630 g/mol. The first kappa shape index (κ1) is 72.9. The Morgan fingerprint density at radius 3 is 1.09 bits per heavy atom. The summed E-state index contributed by atoms with van der Waals surface area (Å²) in [5.74, 6) is 2.20. The van der Waals surface area contributed by atoms with Crippen LogP contribution in [0, 0.1) is 0 Å². The largest absolute Gasteiger partial charge is 0.455 e. The van der Waals surface area contributed by atoms with Crippen molar-refractivity contribution in [3.8, 4) is 101 Å². The van der Waals surface area contributed by atoms with Gasteiger partial charge in [0.25, 0.3) is 0 Å². The van der Waals surface area contributed by atoms with E-state index in [4.69, 9.17) is 34.3 Å². The van der Waals surface area contributed by atoms with Crippen LogP contribution in [0.1, 0.15) is 0 Å². The average Bonchev–Trinajstić information content (AvgIpc) is 1.70. The highest BCUT2D eigenvalue weighted by Gasteiger charge is 2.22. The molecule has 0 aliphatic carbocycles. The third kappa shape index (κ3) is 12.8. The predicted molar refractivity (Wildman–Crippen MR) is 528 cm³/mol. The molecular formula is C116H70N6OS2. The van der Waals surface area contributed by atoms with Crippen molar-refractivity contribution in [2.75, 3.05) is 0 Å². The highest BCUT2D eigenvalue weighted by Crippen LogP contribution is 2.47. The molecule has 7 nitrogen and oxygen atoms in total. The van der Waals surface area contributed by atoms with Crippen molar-refractivity contribution in [2.45, 2.75) is 0 Å². The zero-order valence-corrected chi connectivity index (χ0v) is 69.0. The van der Waals surface area contributed by atoms with E-state index < -0.39 is 0 Å². The first-order chi connectivity index (χ1) is 62.0. The van der Waals surface area contributed by atoms with Crippen LogP contribution in [0.5, 0.6) is 0 Å². The number of furan rings is 1. The number of benzene rings is 20. The maximum Gasteiger partial charge on any atom is 0.161 e. The molecule has 0 aliphatic rings. The topological polar surface area (TPSA) is 90.5 Å². The summed E-state index contributed by atoms with van der Waals surface area (Å²) < 4.78 is 11.7. The first-order valence-corrected chi connectivity index (χ1v) is 43.7. The molecule has 0 saturated carbocycles. The van der Waals surface area contributed by atoms with Crippen molar-refractivity contribution in [2.24, 2.45) is 0 Å². The standard InChI is InChI=1S/2C40H24N2S.C36H22N2O/c1-2-11-25(12-3-1)38-35-16-6-8-19-36(35)41-40(42-38)34-24-22-29(26-13-4-5-14-28(26)34)27-17-10-18-32-30(27)21-23-33-31-15-7-9-20-37(31)43-39(32)33;1-2-10-27(11-3-1)37-35-22-21-25-9-4-5-12-30(25)38(35)42-40(41-37)28-19-17-26(18-20-28)29-14-8-15-33-31(29)23-24-34-32-13-6-7-16-36(32)43-39(33)34;1-2-9-24(10-3-1)34-31-12-4-6-15-32(31)37-36(38-34)25-19-17-23(18-20-25)26-13-8-14-29-27(26)21-22-30-28-11-5-7-16-33(28)39-35(29)30/h2*1-24H;1-22H. The summed E-state index contributed by atoms with van der Waals surface area (Å²) in [6.07, 6.45) is 0. The number of aromatic nitrogens is 6. The molecule has 125 heavy (non-hydrogen) atoms. The molecule has 0 amide bonds. The Kier molecular flexibility index (Phi) is 17.8. The number of thiophene rings is 2. The minimum atomic E-state index is 0.723. The molecule has 582 valence electrons. The van der Waals surface area contributed by atoms with E-state index in [-0.39, 0.29) is 0 Å². The van der Waals surface area contributed by atoms with Gasteiger partial charge in [-0.2, -0.15) is 0 Å². The molecule has 20 aromatic carbocycles. The van der Waals surface area contributed by atoms with E-state index in [9.17, 15) is 0 Å². The second-order valence-corrected chi connectivity index (χ2v) is 33.8. The van der Waals surface area contributed by atoms with Crippen LogP contribution < -0.4 is 0 Å². The van der Waals surface area contributed by atoms with Crippen molar-refractivity contribution >= 4 is 172 Å². The molecule has 0 radical (unpaired) electrons. The fraction of sp³-hybridized carbons (Fsp3) is 0. The van der Waals surface area contributed by atoms with Gasteiger partial charge in [0.2, 0.25) is 0 Å². The van der Waals surface area contributed by atoms with Crippen LogP contribution in [-0.4, -0.2) is 29.9 Å². The number of hydrogen-bond acceptors (Lipinski definition) is 9. The molecule has 0 atom stereocenters. The van der Waals surface area contributed by atoms with Crippen LogP contribution in [0.2, 0.25) is 0 Å². The Morgan fingerprint density at radius 2 is 0.520 bits per heavy atom. The van der Waals surface area contributed by atoms with Gasteiger partial charge in [-0.25, -0.2) is 29.9 Å². The lowest BCUT2D eigenvalue weighted by Crippen LogP contribution is -1.96. The smallest absolute Gasteiger partial charge is 0.161 e. The molecule has 9 heteroatoms. The molecule has 0 fully saturated rings. The van der Waals surface area contributed by atoms with E-state index in [1.807, 2.05) is 83.3 Å². The number of para-hydroxylation sites is 3. The average molecular weight is 1630 g/mol. The number of nitrogens with zero attached hydrogens (tertiary/aromatic N) is 6. The van der Waals surface area contributed by atoms with E-state index in [0.717, 1.165) is 144 Å². The maximum atomic E-state index is 6.30. The zero-order valence-electron chi connectivity index (χ0n) is 67.3. The van der Waals surface area contributed by atoms with Crippen molar-refractivity contribution < 1.29 is 4.42 Å². The molecule has 6 aromatic heterocycles. The van der Waals surface area contributed by atoms with Gasteiger partial charge >= 0.3 is 0 Å². The zero-order chi connectivity index (χ0) is 82.4. The highest BCUT2D eigenvalue weighted by molar-refractivity contribution is 7.27. The number of rotatable bonds is 9. The molecule has 0 unspecified atom stereocenters. The Balaban J connectivity index is 0.000000105. The van der Waals surface area contributed by atoms with Crippen LogP contribution in [0.3, 0.4) is 0 Å². The third-order valence-corrected chi connectivity index (χ3v) is 26.9. The summed E-state index contributed by atoms with van der Waals surface area (Å²) in [5, 5.41) is 22.9. The van der Waals surface area contributed by atoms with Gasteiger partial charge in [0, 0.05) is 122 Å². The number of fused-ring (bicyclic) bond motifs is 21. The molecule has 0 bridgehead atoms. The molecule has 26 rings (SSSR count). The van der Waals surface area contributed by atoms with Gasteiger partial charge in [0.1, 0.15) is 11.2 Å². The van der Waals surface area contributed by atoms with Gasteiger partial charge in [-0.3, -0.25) is 0 Å². The molecule has 0 N–H and O–H groups in total. The van der Waals surface area contributed by atoms with Crippen LogP contribution in [-0.2, 0) is 0 Å². The molecular weight excluding hydrogens is 1560 g/mol. The molecule has 0 spiro atoms. The van der Waals surface area contributed by atoms with Gasteiger partial charge in [0.15, 0.2) is 17.5 Å². The van der Waals surface area contributed by atoms with Gasteiger partial charge in [-0.1, -0.05) is 376 Å². The lowest BCUT2D eigenvalue weighted by atomic mass is 9.91. The lowest BCUT2D eigenvalue weighted by molar-refractivity contribution is 0.672. The summed E-state index contributed by atoms with van der Waals surface area (Å²) >= 11 is 3.76. The Bertz CT molecular complexity index is 8790. The maximum absolute atomic E-state index is 6.30. The van der Waals surface area contributed by atoms with E-state index in [0.29, 0.717) is 0 Å². The second kappa shape index (κ2) is 30.6. The molecule has 26 aromatic rings. The van der Waals surface area contributed by atoms with Crippen molar-refractivity contribution in [1.29, 1.82) is 0 Å². The first-order valence-electron chi connectivity index (χ1n) is 42.1. The summed E-state index contributed by atoms with van der Waals surface area (Å²) in [7, 11) is 0. The third-order valence-electron chi connectivity index (χ3n) is 24.5. The highest BCUT2D eigenvalue weighted by atomic mass is 32.1. The summed E-state index contributed by atoms with van der Waals surface area (Å²) in [5.41, 5.74) is 21.1. The molecule has 0 saturated heterocycles. The van der Waals surface area contributed by atoms with E-state index >= 15 is 0 Å². The fourth-order valence-corrected chi connectivity index (χ4v) is 21.0. The van der Waals surface area contributed by atoms with Crippen molar-refractivity contribution in [3.63, 3.8) is 0 Å². The fourth-order valence-electron chi connectivity index (χ4n) is 18.5. The second-order valence-electron chi connectivity index (χ2n) is 31.7. The van der Waals surface area contributed by atoms with Crippen molar-refractivity contribution in [1.82, 2.24) is 29.9 Å². The number of hydrogen-bond donors (Lipinski definition) is 0. The lowest BCUT2D eigenvalue weighted by Gasteiger charge is -2.15. The van der Waals surface area contributed by atoms with E-state index in [1.54, 1.807) is 0 Å². The Morgan fingerprint density at radius 1 is 0.176 bits per heavy atom. The minimum Gasteiger partial charge on any atom is -0.455 e. The van der Waals surface area contributed by atoms with Crippen LogP contribution in [0.25, 0.3) is 250 Å². The quantitative estimate of drug-likeness (QED) is 0.133.